The van der Waals surface area contributed by atoms with Gasteiger partial charge in [0.05, 0.1) is 0 Å². The third kappa shape index (κ3) is 3.49. The standard InChI is InChI=1S/C19H30N2/c1-19(2)10-5-12-21(13-11-19)18(14-20)17-7-4-3-6-16(17)15-8-9-15/h3-4,6-7,15,18H,5,8-14,20H2,1-2H3. The molecule has 1 aromatic rings. The van der Waals surface area contributed by atoms with Crippen molar-refractivity contribution >= 4 is 0 Å². The van der Waals surface area contributed by atoms with Crippen LogP contribution in [0.4, 0.5) is 0 Å². The van der Waals surface area contributed by atoms with Crippen LogP contribution in [0.2, 0.25) is 0 Å². The summed E-state index contributed by atoms with van der Waals surface area (Å²) in [5, 5.41) is 0. The second kappa shape index (κ2) is 6.10. The molecule has 1 unspecified atom stereocenters. The zero-order valence-electron chi connectivity index (χ0n) is 13.6. The van der Waals surface area contributed by atoms with Crippen molar-refractivity contribution in [3.63, 3.8) is 0 Å². The molecule has 2 heteroatoms. The van der Waals surface area contributed by atoms with E-state index in [1.54, 1.807) is 5.56 Å². The molecule has 21 heavy (non-hydrogen) atoms. The average molecular weight is 286 g/mol. The van der Waals surface area contributed by atoms with Gasteiger partial charge in [0, 0.05) is 12.6 Å². The lowest BCUT2D eigenvalue weighted by Gasteiger charge is -2.32. The Hall–Kier alpha value is -0.860. The monoisotopic (exact) mass is 286 g/mol. The van der Waals surface area contributed by atoms with Gasteiger partial charge in [0.15, 0.2) is 0 Å². The fourth-order valence-electron chi connectivity index (χ4n) is 3.81. The Labute approximate surface area is 129 Å². The number of hydrogen-bond donors (Lipinski definition) is 1. The first kappa shape index (κ1) is 15.1. The Bertz CT molecular complexity index is 476. The van der Waals surface area contributed by atoms with Crippen LogP contribution in [0.15, 0.2) is 24.3 Å². The number of nitrogens with zero attached hydrogens (tertiary/aromatic N) is 1. The summed E-state index contributed by atoms with van der Waals surface area (Å²) in [5.74, 6) is 0.804. The van der Waals surface area contributed by atoms with Gasteiger partial charge in [-0.2, -0.15) is 0 Å². The molecule has 1 heterocycles. The minimum absolute atomic E-state index is 0.413. The highest BCUT2D eigenvalue weighted by Crippen LogP contribution is 2.44. The van der Waals surface area contributed by atoms with Crippen LogP contribution in [-0.4, -0.2) is 24.5 Å². The topological polar surface area (TPSA) is 29.3 Å². The molecule has 0 radical (unpaired) electrons. The van der Waals surface area contributed by atoms with E-state index in [0.29, 0.717) is 11.5 Å². The maximum Gasteiger partial charge on any atom is 0.0473 e. The lowest BCUT2D eigenvalue weighted by Crippen LogP contribution is -2.35. The highest BCUT2D eigenvalue weighted by atomic mass is 15.2. The van der Waals surface area contributed by atoms with Gasteiger partial charge < -0.3 is 5.73 Å². The average Bonchev–Trinajstić information content (AvgIpc) is 3.29. The SMILES string of the molecule is CC1(C)CCCN(C(CN)c2ccccc2C2CC2)CC1. The third-order valence-corrected chi connectivity index (χ3v) is 5.41. The van der Waals surface area contributed by atoms with Crippen molar-refractivity contribution in [3.05, 3.63) is 35.4 Å². The van der Waals surface area contributed by atoms with Gasteiger partial charge in [0.25, 0.3) is 0 Å². The first-order chi connectivity index (χ1) is 10.1. The molecule has 116 valence electrons. The molecule has 1 aliphatic heterocycles. The van der Waals surface area contributed by atoms with Crippen molar-refractivity contribution in [1.29, 1.82) is 0 Å². The van der Waals surface area contributed by atoms with Crippen molar-refractivity contribution in [3.8, 4) is 0 Å². The highest BCUT2D eigenvalue weighted by molar-refractivity contribution is 5.36. The smallest absolute Gasteiger partial charge is 0.0473 e. The summed E-state index contributed by atoms with van der Waals surface area (Å²) in [6, 6.07) is 9.44. The van der Waals surface area contributed by atoms with E-state index >= 15 is 0 Å². The Morgan fingerprint density at radius 2 is 1.95 bits per heavy atom. The number of nitrogens with two attached hydrogens (primary N) is 1. The summed E-state index contributed by atoms with van der Waals surface area (Å²) in [6.45, 7) is 7.94. The van der Waals surface area contributed by atoms with Crippen LogP contribution in [0.3, 0.4) is 0 Å². The van der Waals surface area contributed by atoms with Gasteiger partial charge in [0.1, 0.15) is 0 Å². The number of hydrogen-bond acceptors (Lipinski definition) is 2. The summed E-state index contributed by atoms with van der Waals surface area (Å²) in [6.07, 6.45) is 6.65. The summed E-state index contributed by atoms with van der Waals surface area (Å²) in [5.41, 5.74) is 9.76. The minimum atomic E-state index is 0.413. The molecule has 1 saturated heterocycles. The maximum absolute atomic E-state index is 6.20. The van der Waals surface area contributed by atoms with Gasteiger partial charge in [-0.05, 0) is 67.7 Å². The fourth-order valence-corrected chi connectivity index (χ4v) is 3.81. The second-order valence-corrected chi connectivity index (χ2v) is 7.71. The van der Waals surface area contributed by atoms with Crippen LogP contribution in [-0.2, 0) is 0 Å². The molecule has 2 N–H and O–H groups in total. The van der Waals surface area contributed by atoms with Gasteiger partial charge in [-0.25, -0.2) is 0 Å². The van der Waals surface area contributed by atoms with Gasteiger partial charge in [-0.1, -0.05) is 38.1 Å². The van der Waals surface area contributed by atoms with E-state index in [9.17, 15) is 0 Å². The molecular formula is C19H30N2. The molecule has 1 aliphatic carbocycles. The molecule has 1 saturated carbocycles. The summed E-state index contributed by atoms with van der Waals surface area (Å²) in [7, 11) is 0. The predicted octanol–water partition coefficient (Wildman–Crippen LogP) is 4.08. The van der Waals surface area contributed by atoms with Gasteiger partial charge >= 0.3 is 0 Å². The van der Waals surface area contributed by atoms with E-state index in [1.807, 2.05) is 0 Å². The van der Waals surface area contributed by atoms with Crippen LogP contribution >= 0.6 is 0 Å². The maximum atomic E-state index is 6.20. The molecule has 0 amide bonds. The first-order valence-corrected chi connectivity index (χ1v) is 8.64. The van der Waals surface area contributed by atoms with Crippen molar-refractivity contribution in [1.82, 2.24) is 4.90 Å². The van der Waals surface area contributed by atoms with E-state index < -0.39 is 0 Å². The van der Waals surface area contributed by atoms with E-state index in [4.69, 9.17) is 5.73 Å². The molecular weight excluding hydrogens is 256 g/mol. The highest BCUT2D eigenvalue weighted by Gasteiger charge is 2.31. The summed E-state index contributed by atoms with van der Waals surface area (Å²) >= 11 is 0. The second-order valence-electron chi connectivity index (χ2n) is 7.71. The van der Waals surface area contributed by atoms with Crippen molar-refractivity contribution < 1.29 is 0 Å². The van der Waals surface area contributed by atoms with E-state index in [0.717, 1.165) is 12.5 Å². The number of likely N-dealkylation sites (tertiary alicyclic amines) is 1. The van der Waals surface area contributed by atoms with Crippen molar-refractivity contribution in [2.24, 2.45) is 11.1 Å². The largest absolute Gasteiger partial charge is 0.329 e. The first-order valence-electron chi connectivity index (χ1n) is 8.64. The molecule has 1 aromatic carbocycles. The Morgan fingerprint density at radius 3 is 2.67 bits per heavy atom. The third-order valence-electron chi connectivity index (χ3n) is 5.41. The van der Waals surface area contributed by atoms with Crippen molar-refractivity contribution in [2.45, 2.75) is 57.9 Å². The predicted molar refractivity (Wildman–Crippen MR) is 89.4 cm³/mol. The number of rotatable bonds is 4. The zero-order chi connectivity index (χ0) is 14.9. The molecule has 2 aliphatic rings. The quantitative estimate of drug-likeness (QED) is 0.904. The molecule has 1 atom stereocenters. The summed E-state index contributed by atoms with van der Waals surface area (Å²) in [4.78, 5) is 2.65. The fraction of sp³-hybridized carbons (Fsp3) is 0.684. The molecule has 3 rings (SSSR count). The Kier molecular flexibility index (Phi) is 4.37. The lowest BCUT2D eigenvalue weighted by atomic mass is 9.85. The zero-order valence-corrected chi connectivity index (χ0v) is 13.6. The van der Waals surface area contributed by atoms with Crippen LogP contribution in [0.1, 0.15) is 69.0 Å². The van der Waals surface area contributed by atoms with Gasteiger partial charge in [0.2, 0.25) is 0 Å². The normalized spacial score (nSPS) is 24.5. The Morgan fingerprint density at radius 1 is 1.19 bits per heavy atom. The van der Waals surface area contributed by atoms with E-state index in [2.05, 4.69) is 43.0 Å². The molecule has 2 nitrogen and oxygen atoms in total. The minimum Gasteiger partial charge on any atom is -0.329 e. The Balaban J connectivity index is 1.81. The number of benzene rings is 1. The van der Waals surface area contributed by atoms with Crippen molar-refractivity contribution in [2.75, 3.05) is 19.6 Å². The van der Waals surface area contributed by atoms with Crippen LogP contribution in [0.25, 0.3) is 0 Å². The van der Waals surface area contributed by atoms with Crippen LogP contribution in [0, 0.1) is 5.41 Å². The lowest BCUT2D eigenvalue weighted by molar-refractivity contribution is 0.199. The molecule has 0 spiro atoms. The van der Waals surface area contributed by atoms with Gasteiger partial charge in [-0.15, -0.1) is 0 Å². The molecule has 0 aromatic heterocycles. The van der Waals surface area contributed by atoms with E-state index in [-0.39, 0.29) is 0 Å². The van der Waals surface area contributed by atoms with Crippen LogP contribution < -0.4 is 5.73 Å². The van der Waals surface area contributed by atoms with E-state index in [1.165, 1.54) is 50.8 Å². The molecule has 0 bridgehead atoms. The van der Waals surface area contributed by atoms with Crippen LogP contribution in [0.5, 0.6) is 0 Å². The van der Waals surface area contributed by atoms with Gasteiger partial charge in [-0.3, -0.25) is 4.90 Å². The summed E-state index contributed by atoms with van der Waals surface area (Å²) < 4.78 is 0. The molecule has 2 fully saturated rings.